The van der Waals surface area contributed by atoms with Crippen molar-refractivity contribution in [2.24, 2.45) is 0 Å². The number of thioether (sulfide) groups is 1. The predicted octanol–water partition coefficient (Wildman–Crippen LogP) is 2.96. The van der Waals surface area contributed by atoms with Crippen molar-refractivity contribution in [1.29, 1.82) is 0 Å². The van der Waals surface area contributed by atoms with Gasteiger partial charge in [-0.2, -0.15) is 0 Å². The number of hydrogen-bond donors (Lipinski definition) is 0. The fourth-order valence-electron chi connectivity index (χ4n) is 0.819. The number of hydrogen-bond acceptors (Lipinski definition) is 2. The van der Waals surface area contributed by atoms with Crippen LogP contribution in [0.25, 0.3) is 0 Å². The molecule has 0 atom stereocenters. The average molecular weight is 296 g/mol. The minimum absolute atomic E-state index is 0.131. The molecule has 0 radical (unpaired) electrons. The second kappa shape index (κ2) is 4.23. The molecule has 0 saturated heterocycles. The first-order valence-electron chi connectivity index (χ1n) is 3.17. The van der Waals surface area contributed by atoms with E-state index in [0.717, 1.165) is 3.57 Å². The Bertz CT molecular complexity index is 314. The summed E-state index contributed by atoms with van der Waals surface area (Å²) in [5.74, 6) is -0.419. The lowest BCUT2D eigenvalue weighted by Crippen LogP contribution is -1.91. The maximum absolute atomic E-state index is 13.2. The van der Waals surface area contributed by atoms with Crippen molar-refractivity contribution in [3.05, 3.63) is 27.1 Å². The smallest absolute Gasteiger partial charge is 0.153 e. The van der Waals surface area contributed by atoms with Gasteiger partial charge in [0.15, 0.2) is 6.29 Å². The van der Waals surface area contributed by atoms with Crippen LogP contribution < -0.4 is 0 Å². The summed E-state index contributed by atoms with van der Waals surface area (Å²) in [6, 6.07) is 3.25. The standard InChI is InChI=1S/C8H6FIOS/c1-12-7-3-6(10)2-5(4-11)8(7)9/h2-4H,1H3. The van der Waals surface area contributed by atoms with Crippen molar-refractivity contribution in [1.82, 2.24) is 0 Å². The lowest BCUT2D eigenvalue weighted by atomic mass is 10.2. The molecular formula is C8H6FIOS. The summed E-state index contributed by atoms with van der Waals surface area (Å²) >= 11 is 3.36. The molecule has 0 saturated carbocycles. The Hall–Kier alpha value is -0.100. The van der Waals surface area contributed by atoms with E-state index in [2.05, 4.69) is 22.6 Å². The third-order valence-electron chi connectivity index (χ3n) is 1.38. The molecule has 0 spiro atoms. The van der Waals surface area contributed by atoms with E-state index < -0.39 is 5.82 Å². The van der Waals surface area contributed by atoms with Gasteiger partial charge in [-0.3, -0.25) is 4.79 Å². The normalized spacial score (nSPS) is 9.92. The zero-order chi connectivity index (χ0) is 9.14. The highest BCUT2D eigenvalue weighted by Gasteiger charge is 2.07. The van der Waals surface area contributed by atoms with Crippen LogP contribution in [0.5, 0.6) is 0 Å². The second-order valence-electron chi connectivity index (χ2n) is 2.13. The van der Waals surface area contributed by atoms with Crippen molar-refractivity contribution in [2.45, 2.75) is 4.90 Å². The number of benzene rings is 1. The van der Waals surface area contributed by atoms with Crippen LogP contribution >= 0.6 is 34.4 Å². The van der Waals surface area contributed by atoms with Gasteiger partial charge in [0.1, 0.15) is 5.82 Å². The van der Waals surface area contributed by atoms with Gasteiger partial charge in [0.25, 0.3) is 0 Å². The topological polar surface area (TPSA) is 17.1 Å². The molecule has 64 valence electrons. The fraction of sp³-hybridized carbons (Fsp3) is 0.125. The van der Waals surface area contributed by atoms with Crippen LogP contribution in [0.4, 0.5) is 4.39 Å². The highest BCUT2D eigenvalue weighted by Crippen LogP contribution is 2.23. The van der Waals surface area contributed by atoms with E-state index in [1.807, 2.05) is 0 Å². The number of carbonyl (C=O) groups excluding carboxylic acids is 1. The Morgan fingerprint density at radius 3 is 2.75 bits per heavy atom. The van der Waals surface area contributed by atoms with Gasteiger partial charge in [0.05, 0.1) is 5.56 Å². The number of carbonyl (C=O) groups is 1. The van der Waals surface area contributed by atoms with Gasteiger partial charge in [0, 0.05) is 8.47 Å². The first-order valence-corrected chi connectivity index (χ1v) is 5.47. The van der Waals surface area contributed by atoms with Crippen molar-refractivity contribution in [3.63, 3.8) is 0 Å². The molecule has 1 rings (SSSR count). The molecule has 0 bridgehead atoms. The molecule has 1 aromatic carbocycles. The predicted molar refractivity (Wildman–Crippen MR) is 56.3 cm³/mol. The van der Waals surface area contributed by atoms with Crippen LogP contribution in [0.3, 0.4) is 0 Å². The summed E-state index contributed by atoms with van der Waals surface area (Å²) < 4.78 is 14.1. The first-order chi connectivity index (χ1) is 5.69. The molecule has 1 aromatic rings. The number of aldehydes is 1. The zero-order valence-electron chi connectivity index (χ0n) is 6.30. The Kier molecular flexibility index (Phi) is 3.52. The summed E-state index contributed by atoms with van der Waals surface area (Å²) in [4.78, 5) is 10.9. The van der Waals surface area contributed by atoms with E-state index in [9.17, 15) is 9.18 Å². The number of rotatable bonds is 2. The molecule has 0 aromatic heterocycles. The molecule has 0 heterocycles. The van der Waals surface area contributed by atoms with E-state index in [-0.39, 0.29) is 5.56 Å². The molecule has 0 aliphatic carbocycles. The molecule has 0 fully saturated rings. The molecule has 4 heteroatoms. The summed E-state index contributed by atoms with van der Waals surface area (Å²) in [7, 11) is 0. The maximum atomic E-state index is 13.2. The third-order valence-corrected chi connectivity index (χ3v) is 2.74. The molecular weight excluding hydrogens is 290 g/mol. The summed E-state index contributed by atoms with van der Waals surface area (Å²) in [6.07, 6.45) is 2.32. The molecule has 0 N–H and O–H groups in total. The van der Waals surface area contributed by atoms with Gasteiger partial charge in [-0.05, 0) is 41.0 Å². The number of halogens is 2. The van der Waals surface area contributed by atoms with Crippen LogP contribution in [0.2, 0.25) is 0 Å². The largest absolute Gasteiger partial charge is 0.298 e. The summed E-state index contributed by atoms with van der Waals surface area (Å²) in [6.45, 7) is 0. The third kappa shape index (κ3) is 1.98. The summed E-state index contributed by atoms with van der Waals surface area (Å²) in [5, 5.41) is 0. The van der Waals surface area contributed by atoms with Gasteiger partial charge < -0.3 is 0 Å². The van der Waals surface area contributed by atoms with Crippen molar-refractivity contribution in [2.75, 3.05) is 6.26 Å². The molecule has 1 nitrogen and oxygen atoms in total. The van der Waals surface area contributed by atoms with Crippen LogP contribution in [0, 0.1) is 9.39 Å². The highest BCUT2D eigenvalue weighted by atomic mass is 127. The molecule has 0 unspecified atom stereocenters. The van der Waals surface area contributed by atoms with Crippen molar-refractivity contribution < 1.29 is 9.18 Å². The van der Waals surface area contributed by atoms with E-state index in [1.165, 1.54) is 17.8 Å². The average Bonchev–Trinajstić information content (AvgIpc) is 2.08. The van der Waals surface area contributed by atoms with Crippen LogP contribution in [0.15, 0.2) is 17.0 Å². The van der Waals surface area contributed by atoms with Gasteiger partial charge in [0.2, 0.25) is 0 Å². The van der Waals surface area contributed by atoms with Gasteiger partial charge in [-0.1, -0.05) is 0 Å². The molecule has 0 aliphatic heterocycles. The van der Waals surface area contributed by atoms with Crippen LogP contribution in [-0.2, 0) is 0 Å². The monoisotopic (exact) mass is 296 g/mol. The molecule has 12 heavy (non-hydrogen) atoms. The lowest BCUT2D eigenvalue weighted by Gasteiger charge is -2.01. The minimum Gasteiger partial charge on any atom is -0.298 e. The highest BCUT2D eigenvalue weighted by molar-refractivity contribution is 14.1. The molecule has 0 amide bonds. The van der Waals surface area contributed by atoms with Crippen LogP contribution in [0.1, 0.15) is 10.4 Å². The Labute approximate surface area is 87.9 Å². The molecule has 0 aliphatic rings. The van der Waals surface area contributed by atoms with E-state index in [0.29, 0.717) is 11.2 Å². The fourth-order valence-corrected chi connectivity index (χ4v) is 2.22. The van der Waals surface area contributed by atoms with E-state index in [4.69, 9.17) is 0 Å². The quantitative estimate of drug-likeness (QED) is 0.474. The Morgan fingerprint density at radius 1 is 1.58 bits per heavy atom. The second-order valence-corrected chi connectivity index (χ2v) is 4.22. The van der Waals surface area contributed by atoms with Gasteiger partial charge in [-0.25, -0.2) is 4.39 Å². The minimum atomic E-state index is -0.419. The lowest BCUT2D eigenvalue weighted by molar-refractivity contribution is 0.111. The SMILES string of the molecule is CSc1cc(I)cc(C=O)c1F. The van der Waals surface area contributed by atoms with Crippen molar-refractivity contribution >= 4 is 40.6 Å². The van der Waals surface area contributed by atoms with Crippen LogP contribution in [-0.4, -0.2) is 12.5 Å². The van der Waals surface area contributed by atoms with E-state index >= 15 is 0 Å². The maximum Gasteiger partial charge on any atom is 0.153 e. The van der Waals surface area contributed by atoms with E-state index in [1.54, 1.807) is 12.3 Å². The summed E-state index contributed by atoms with van der Waals surface area (Å²) in [5.41, 5.74) is 0.131. The van der Waals surface area contributed by atoms with Gasteiger partial charge >= 0.3 is 0 Å². The Morgan fingerprint density at radius 2 is 2.25 bits per heavy atom. The first kappa shape index (κ1) is 9.98. The zero-order valence-corrected chi connectivity index (χ0v) is 9.28. The van der Waals surface area contributed by atoms with Gasteiger partial charge in [-0.15, -0.1) is 11.8 Å². The Balaban J connectivity index is 3.31. The van der Waals surface area contributed by atoms with Crippen molar-refractivity contribution in [3.8, 4) is 0 Å².